The second kappa shape index (κ2) is 13.8. The third-order valence-electron chi connectivity index (χ3n) is 6.20. The molecule has 10 nitrogen and oxygen atoms in total. The molecule has 0 radical (unpaired) electrons. The summed E-state index contributed by atoms with van der Waals surface area (Å²) < 4.78 is 75.0. The second-order valence-corrected chi connectivity index (χ2v) is 9.16. The molecule has 0 bridgehead atoms. The number of carboxylic acid groups (broad SMARTS) is 2. The third kappa shape index (κ3) is 10.5. The molecule has 1 amide bonds. The van der Waals surface area contributed by atoms with E-state index >= 15 is 0 Å². The summed E-state index contributed by atoms with van der Waals surface area (Å²) in [6.07, 6.45) is -3.06. The van der Waals surface area contributed by atoms with Crippen LogP contribution in [-0.4, -0.2) is 88.7 Å². The van der Waals surface area contributed by atoms with Gasteiger partial charge in [0.1, 0.15) is 0 Å². The molecule has 1 aromatic rings. The summed E-state index contributed by atoms with van der Waals surface area (Å²) in [5, 5.41) is 17.4. The molecule has 2 saturated heterocycles. The van der Waals surface area contributed by atoms with Gasteiger partial charge in [-0.05, 0) is 31.7 Å². The van der Waals surface area contributed by atoms with Crippen molar-refractivity contribution in [1.29, 1.82) is 0 Å². The summed E-state index contributed by atoms with van der Waals surface area (Å²) in [6.45, 7) is 2.77. The number of fused-ring (bicyclic) bond motifs is 1. The number of carbonyl (C=O) groups excluding carboxylic acids is 1. The zero-order chi connectivity index (χ0) is 29.4. The first-order chi connectivity index (χ1) is 18.1. The number of nitrogens with one attached hydrogen (secondary N) is 1. The summed E-state index contributed by atoms with van der Waals surface area (Å²) in [4.78, 5) is 36.5. The van der Waals surface area contributed by atoms with E-state index in [2.05, 4.69) is 21.3 Å². The standard InChI is InChI=1S/C19H27N3O3.2C2HF3O2/c1-24-19-13(4-3-7-20-19)10-22-11-14-8-16(25-17(14)12-22)9-18(23)21-15-5-2-6-15;2*3-2(4,5)1(6)7/h3-4,7,14-17H,2,5-6,8-12H2,1H3,(H,21,23);2*(H,6,7)/t14-,16+,17+;;/m0../s1. The van der Waals surface area contributed by atoms with Crippen molar-refractivity contribution in [3.8, 4) is 5.88 Å². The van der Waals surface area contributed by atoms with Gasteiger partial charge in [0.05, 0.1) is 25.7 Å². The lowest BCUT2D eigenvalue weighted by molar-refractivity contribution is -0.193. The van der Waals surface area contributed by atoms with E-state index in [0.29, 0.717) is 24.3 Å². The van der Waals surface area contributed by atoms with E-state index in [0.717, 1.165) is 44.5 Å². The quantitative estimate of drug-likeness (QED) is 0.439. The first kappa shape index (κ1) is 32.1. The van der Waals surface area contributed by atoms with E-state index < -0.39 is 24.3 Å². The van der Waals surface area contributed by atoms with Crippen LogP contribution in [0.25, 0.3) is 0 Å². The Labute approximate surface area is 219 Å². The van der Waals surface area contributed by atoms with Crippen LogP contribution in [0.2, 0.25) is 0 Å². The highest BCUT2D eigenvalue weighted by Gasteiger charge is 2.43. The Hall–Kier alpha value is -3.14. The molecule has 16 heteroatoms. The number of carboxylic acids is 2. The molecule has 3 atom stereocenters. The Bertz CT molecular complexity index is 950. The van der Waals surface area contributed by atoms with Gasteiger partial charge >= 0.3 is 24.3 Å². The molecule has 220 valence electrons. The Balaban J connectivity index is 0.000000317. The summed E-state index contributed by atoms with van der Waals surface area (Å²) >= 11 is 0. The number of nitrogens with zero attached hydrogens (tertiary/aromatic N) is 2. The fraction of sp³-hybridized carbons (Fsp3) is 0.652. The van der Waals surface area contributed by atoms with Gasteiger partial charge in [-0.1, -0.05) is 6.07 Å². The zero-order valence-electron chi connectivity index (χ0n) is 20.8. The normalized spacial score (nSPS) is 22.8. The number of ether oxygens (including phenoxy) is 2. The predicted octanol–water partition coefficient (Wildman–Crippen LogP) is 3.00. The summed E-state index contributed by atoms with van der Waals surface area (Å²) in [6, 6.07) is 4.43. The van der Waals surface area contributed by atoms with Crippen molar-refractivity contribution in [3.63, 3.8) is 0 Å². The van der Waals surface area contributed by atoms with Gasteiger partial charge in [0, 0.05) is 43.4 Å². The number of alkyl halides is 6. The molecule has 1 aromatic heterocycles. The fourth-order valence-corrected chi connectivity index (χ4v) is 4.22. The smallest absolute Gasteiger partial charge is 0.481 e. The molecular formula is C23H29F6N3O7. The summed E-state index contributed by atoms with van der Waals surface area (Å²) in [5.74, 6) is -4.12. The fourth-order valence-electron chi connectivity index (χ4n) is 4.22. The number of methoxy groups -OCH3 is 1. The minimum atomic E-state index is -5.08. The first-order valence-electron chi connectivity index (χ1n) is 11.8. The molecule has 1 saturated carbocycles. The highest BCUT2D eigenvalue weighted by molar-refractivity contribution is 5.77. The van der Waals surface area contributed by atoms with E-state index in [1.54, 1.807) is 13.3 Å². The molecule has 4 rings (SSSR count). The SMILES string of the molecule is COc1ncccc1CN1C[C@@H]2C[C@H](CC(=O)NC3CCC3)O[C@@H]2C1.O=C(O)C(F)(F)F.O=C(O)C(F)(F)F. The van der Waals surface area contributed by atoms with Crippen LogP contribution in [-0.2, 0) is 25.7 Å². The monoisotopic (exact) mass is 573 g/mol. The van der Waals surface area contributed by atoms with E-state index in [-0.39, 0.29) is 18.1 Å². The number of likely N-dealkylation sites (tertiary alicyclic amines) is 1. The van der Waals surface area contributed by atoms with Crippen molar-refractivity contribution < 1.29 is 60.4 Å². The Kier molecular flexibility index (Phi) is 11.3. The maximum absolute atomic E-state index is 12.1. The van der Waals surface area contributed by atoms with Crippen LogP contribution in [0.5, 0.6) is 5.88 Å². The summed E-state index contributed by atoms with van der Waals surface area (Å²) in [5.41, 5.74) is 1.11. The summed E-state index contributed by atoms with van der Waals surface area (Å²) in [7, 11) is 1.66. The molecule has 0 unspecified atom stereocenters. The second-order valence-electron chi connectivity index (χ2n) is 9.16. The average Bonchev–Trinajstić information content (AvgIpc) is 3.34. The van der Waals surface area contributed by atoms with Crippen molar-refractivity contribution in [2.75, 3.05) is 20.2 Å². The molecule has 3 heterocycles. The largest absolute Gasteiger partial charge is 0.490 e. The van der Waals surface area contributed by atoms with Crippen LogP contribution in [0.4, 0.5) is 26.3 Å². The molecule has 0 aromatic carbocycles. The molecular weight excluding hydrogens is 544 g/mol. The number of aromatic nitrogens is 1. The van der Waals surface area contributed by atoms with Crippen LogP contribution in [0, 0.1) is 5.92 Å². The van der Waals surface area contributed by atoms with Gasteiger partial charge < -0.3 is 25.0 Å². The lowest BCUT2D eigenvalue weighted by Gasteiger charge is -2.27. The van der Waals surface area contributed by atoms with Gasteiger partial charge in [0.2, 0.25) is 11.8 Å². The Morgan fingerprint density at radius 3 is 2.15 bits per heavy atom. The van der Waals surface area contributed by atoms with E-state index in [9.17, 15) is 31.1 Å². The predicted molar refractivity (Wildman–Crippen MR) is 121 cm³/mol. The van der Waals surface area contributed by atoms with Crippen LogP contribution in [0.1, 0.15) is 37.7 Å². The number of hydrogen-bond acceptors (Lipinski definition) is 7. The number of aliphatic carboxylic acids is 2. The number of hydrogen-bond donors (Lipinski definition) is 3. The van der Waals surface area contributed by atoms with Crippen LogP contribution >= 0.6 is 0 Å². The van der Waals surface area contributed by atoms with Crippen LogP contribution in [0.15, 0.2) is 18.3 Å². The minimum Gasteiger partial charge on any atom is -0.481 e. The molecule has 3 fully saturated rings. The minimum absolute atomic E-state index is 0.0881. The molecule has 3 aliphatic rings. The third-order valence-corrected chi connectivity index (χ3v) is 6.20. The Morgan fingerprint density at radius 2 is 1.69 bits per heavy atom. The van der Waals surface area contributed by atoms with Gasteiger partial charge in [0.15, 0.2) is 0 Å². The highest BCUT2D eigenvalue weighted by Crippen LogP contribution is 2.35. The molecule has 0 spiro atoms. The van der Waals surface area contributed by atoms with Gasteiger partial charge in [-0.3, -0.25) is 9.69 Å². The molecule has 2 aliphatic heterocycles. The highest BCUT2D eigenvalue weighted by atomic mass is 19.4. The maximum atomic E-state index is 12.1. The molecule has 3 N–H and O–H groups in total. The van der Waals surface area contributed by atoms with E-state index in [1.165, 1.54) is 6.42 Å². The average molecular weight is 573 g/mol. The van der Waals surface area contributed by atoms with Crippen molar-refractivity contribution in [2.45, 2.75) is 69.3 Å². The van der Waals surface area contributed by atoms with E-state index in [4.69, 9.17) is 29.3 Å². The van der Waals surface area contributed by atoms with E-state index in [1.807, 2.05) is 6.07 Å². The lowest BCUT2D eigenvalue weighted by atomic mass is 9.93. The van der Waals surface area contributed by atoms with Crippen molar-refractivity contribution >= 4 is 17.8 Å². The molecule has 1 aliphatic carbocycles. The van der Waals surface area contributed by atoms with Crippen molar-refractivity contribution in [1.82, 2.24) is 15.2 Å². The lowest BCUT2D eigenvalue weighted by Crippen LogP contribution is -2.40. The van der Waals surface area contributed by atoms with Crippen LogP contribution in [0.3, 0.4) is 0 Å². The van der Waals surface area contributed by atoms with Gasteiger partial charge in [0.25, 0.3) is 0 Å². The number of carbonyl (C=O) groups is 3. The number of amides is 1. The van der Waals surface area contributed by atoms with Crippen LogP contribution < -0.4 is 10.1 Å². The molecule has 39 heavy (non-hydrogen) atoms. The zero-order valence-corrected chi connectivity index (χ0v) is 20.8. The number of rotatable bonds is 6. The van der Waals surface area contributed by atoms with Crippen molar-refractivity contribution in [2.24, 2.45) is 5.92 Å². The first-order valence-corrected chi connectivity index (χ1v) is 11.8. The maximum Gasteiger partial charge on any atom is 0.490 e. The Morgan fingerprint density at radius 1 is 1.10 bits per heavy atom. The van der Waals surface area contributed by atoms with Crippen molar-refractivity contribution in [3.05, 3.63) is 23.9 Å². The van der Waals surface area contributed by atoms with Gasteiger partial charge in [-0.15, -0.1) is 0 Å². The topological polar surface area (TPSA) is 138 Å². The van der Waals surface area contributed by atoms with Gasteiger partial charge in [-0.25, -0.2) is 14.6 Å². The van der Waals surface area contributed by atoms with Gasteiger partial charge in [-0.2, -0.15) is 26.3 Å². The number of pyridine rings is 1. The number of halogens is 6.